The van der Waals surface area contributed by atoms with Gasteiger partial charge < -0.3 is 20.1 Å². The third-order valence-electron chi connectivity index (χ3n) is 7.19. The van der Waals surface area contributed by atoms with E-state index in [-0.39, 0.29) is 0 Å². The van der Waals surface area contributed by atoms with Crippen LogP contribution in [0.3, 0.4) is 0 Å². The fraction of sp³-hybridized carbons (Fsp3) is 0.281. The number of aromatic nitrogens is 4. The molecule has 0 aliphatic heterocycles. The zero-order valence-corrected chi connectivity index (χ0v) is 24.3. The predicted molar refractivity (Wildman–Crippen MR) is 165 cm³/mol. The van der Waals surface area contributed by atoms with E-state index < -0.39 is 0 Å². The molecule has 0 saturated heterocycles. The SMILES string of the molecule is COc1cc(OC)cc(N(CCN(Cc2ccc(N)cc2)C(C)C)c2ccc3ncc(-c4cnn(C)c4)nc3c2)c1. The molecule has 5 rings (SSSR count). The van der Waals surface area contributed by atoms with Crippen LogP contribution in [0, 0.1) is 0 Å². The molecule has 9 nitrogen and oxygen atoms in total. The quantitative estimate of drug-likeness (QED) is 0.210. The Kier molecular flexibility index (Phi) is 8.35. The van der Waals surface area contributed by atoms with E-state index in [1.807, 2.05) is 49.6 Å². The molecular formula is C32H37N7O2. The first-order chi connectivity index (χ1) is 19.8. The Bertz CT molecular complexity index is 1590. The summed E-state index contributed by atoms with van der Waals surface area (Å²) in [4.78, 5) is 14.3. The van der Waals surface area contributed by atoms with E-state index >= 15 is 0 Å². The molecule has 0 saturated carbocycles. The van der Waals surface area contributed by atoms with Crippen molar-refractivity contribution in [2.45, 2.75) is 26.4 Å². The van der Waals surface area contributed by atoms with E-state index in [0.717, 1.165) is 70.5 Å². The molecule has 2 N–H and O–H groups in total. The molecule has 0 fully saturated rings. The Morgan fingerprint density at radius 3 is 2.22 bits per heavy atom. The van der Waals surface area contributed by atoms with Gasteiger partial charge in [-0.1, -0.05) is 12.1 Å². The van der Waals surface area contributed by atoms with E-state index in [1.54, 1.807) is 31.3 Å². The van der Waals surface area contributed by atoms with E-state index in [4.69, 9.17) is 20.2 Å². The van der Waals surface area contributed by atoms with Gasteiger partial charge in [0.2, 0.25) is 0 Å². The van der Waals surface area contributed by atoms with Crippen LogP contribution in [0.15, 0.2) is 79.3 Å². The molecule has 0 radical (unpaired) electrons. The van der Waals surface area contributed by atoms with Gasteiger partial charge >= 0.3 is 0 Å². The third kappa shape index (κ3) is 6.58. The van der Waals surface area contributed by atoms with Gasteiger partial charge in [0.15, 0.2) is 0 Å². The van der Waals surface area contributed by atoms with Crippen molar-refractivity contribution < 1.29 is 9.47 Å². The maximum atomic E-state index is 5.92. The van der Waals surface area contributed by atoms with Crippen LogP contribution in [-0.4, -0.2) is 58.0 Å². The molecule has 2 aromatic heterocycles. The number of nitrogens with zero attached hydrogens (tertiary/aromatic N) is 6. The third-order valence-corrected chi connectivity index (χ3v) is 7.19. The second-order valence-electron chi connectivity index (χ2n) is 10.4. The smallest absolute Gasteiger partial charge is 0.124 e. The number of ether oxygens (including phenoxy) is 2. The van der Waals surface area contributed by atoms with Crippen LogP contribution in [0.2, 0.25) is 0 Å². The number of anilines is 3. The number of rotatable bonds is 11. The van der Waals surface area contributed by atoms with Gasteiger partial charge in [0.25, 0.3) is 0 Å². The lowest BCUT2D eigenvalue weighted by molar-refractivity contribution is 0.219. The summed E-state index contributed by atoms with van der Waals surface area (Å²) in [6.45, 7) is 6.82. The number of methoxy groups -OCH3 is 2. The fourth-order valence-corrected chi connectivity index (χ4v) is 4.82. The molecule has 5 aromatic rings. The van der Waals surface area contributed by atoms with E-state index in [2.05, 4.69) is 58.0 Å². The summed E-state index contributed by atoms with van der Waals surface area (Å²) in [6.07, 6.45) is 5.54. The van der Waals surface area contributed by atoms with E-state index in [1.165, 1.54) is 5.56 Å². The number of aryl methyl sites for hydroxylation is 1. The Hall–Kier alpha value is -4.63. The predicted octanol–water partition coefficient (Wildman–Crippen LogP) is 5.68. The highest BCUT2D eigenvalue weighted by Gasteiger charge is 2.18. The standard InChI is InChI=1S/C32H37N7O2/c1-22(2)38(20-23-6-8-25(33)9-7-23)12-13-39(27-14-28(40-4)17-29(15-27)41-5)26-10-11-30-31(16-26)36-32(19-34-30)24-18-35-37(3)21-24/h6-11,14-19,21-22H,12-13,20,33H2,1-5H3. The Balaban J connectivity index is 1.51. The summed E-state index contributed by atoms with van der Waals surface area (Å²) in [5.41, 5.74) is 13.2. The van der Waals surface area contributed by atoms with E-state index in [0.29, 0.717) is 6.04 Å². The lowest BCUT2D eigenvalue weighted by Gasteiger charge is -2.32. The lowest BCUT2D eigenvalue weighted by atomic mass is 10.1. The molecule has 0 unspecified atom stereocenters. The first kappa shape index (κ1) is 27.9. The zero-order valence-electron chi connectivity index (χ0n) is 24.3. The van der Waals surface area contributed by atoms with Crippen LogP contribution < -0.4 is 20.1 Å². The van der Waals surface area contributed by atoms with Gasteiger partial charge in [-0.05, 0) is 49.7 Å². The minimum absolute atomic E-state index is 0.346. The minimum atomic E-state index is 0.346. The number of benzene rings is 3. The van der Waals surface area contributed by atoms with Crippen molar-refractivity contribution in [3.8, 4) is 22.8 Å². The molecule has 0 aliphatic rings. The Labute approximate surface area is 241 Å². The molecule has 212 valence electrons. The highest BCUT2D eigenvalue weighted by molar-refractivity contribution is 5.82. The second-order valence-corrected chi connectivity index (χ2v) is 10.4. The first-order valence-corrected chi connectivity index (χ1v) is 13.7. The molecule has 2 heterocycles. The summed E-state index contributed by atoms with van der Waals surface area (Å²) in [7, 11) is 5.23. The van der Waals surface area contributed by atoms with Crippen molar-refractivity contribution in [2.24, 2.45) is 7.05 Å². The average molecular weight is 552 g/mol. The molecule has 0 aliphatic carbocycles. The lowest BCUT2D eigenvalue weighted by Crippen LogP contribution is -2.37. The number of hydrogen-bond donors (Lipinski definition) is 1. The van der Waals surface area contributed by atoms with Crippen molar-refractivity contribution in [1.29, 1.82) is 0 Å². The summed E-state index contributed by atoms with van der Waals surface area (Å²) in [5.74, 6) is 1.46. The maximum absolute atomic E-state index is 5.92. The van der Waals surface area contributed by atoms with Crippen LogP contribution in [0.1, 0.15) is 19.4 Å². The maximum Gasteiger partial charge on any atom is 0.124 e. The van der Waals surface area contributed by atoms with Crippen molar-refractivity contribution in [3.05, 3.63) is 84.8 Å². The molecule has 0 atom stereocenters. The van der Waals surface area contributed by atoms with Crippen LogP contribution >= 0.6 is 0 Å². The first-order valence-electron chi connectivity index (χ1n) is 13.7. The Morgan fingerprint density at radius 1 is 0.854 bits per heavy atom. The fourth-order valence-electron chi connectivity index (χ4n) is 4.82. The number of fused-ring (bicyclic) bond motifs is 1. The monoisotopic (exact) mass is 551 g/mol. The van der Waals surface area contributed by atoms with Crippen LogP contribution in [-0.2, 0) is 13.6 Å². The van der Waals surface area contributed by atoms with Gasteiger partial charge in [0, 0.05) is 79.7 Å². The summed E-state index contributed by atoms with van der Waals surface area (Å²) >= 11 is 0. The van der Waals surface area contributed by atoms with Gasteiger partial charge in [-0.25, -0.2) is 4.98 Å². The molecule has 3 aromatic carbocycles. The molecular weight excluding hydrogens is 514 g/mol. The van der Waals surface area contributed by atoms with Gasteiger partial charge in [0.05, 0.1) is 43.3 Å². The van der Waals surface area contributed by atoms with Crippen LogP contribution in [0.5, 0.6) is 11.5 Å². The molecule has 0 amide bonds. The summed E-state index contributed by atoms with van der Waals surface area (Å²) in [5, 5.41) is 4.29. The normalized spacial score (nSPS) is 11.4. The largest absolute Gasteiger partial charge is 0.497 e. The summed E-state index contributed by atoms with van der Waals surface area (Å²) < 4.78 is 13.0. The topological polar surface area (TPSA) is 94.6 Å². The van der Waals surface area contributed by atoms with Crippen molar-refractivity contribution in [2.75, 3.05) is 37.9 Å². The average Bonchev–Trinajstić information content (AvgIpc) is 3.43. The van der Waals surface area contributed by atoms with Crippen molar-refractivity contribution in [3.63, 3.8) is 0 Å². The van der Waals surface area contributed by atoms with Crippen molar-refractivity contribution in [1.82, 2.24) is 24.6 Å². The number of nitrogens with two attached hydrogens (primary N) is 1. The summed E-state index contributed by atoms with van der Waals surface area (Å²) in [6, 6.07) is 20.6. The highest BCUT2D eigenvalue weighted by atomic mass is 16.5. The molecule has 9 heteroatoms. The van der Waals surface area contributed by atoms with Gasteiger partial charge in [0.1, 0.15) is 11.5 Å². The van der Waals surface area contributed by atoms with Crippen LogP contribution in [0.25, 0.3) is 22.3 Å². The molecule has 0 bridgehead atoms. The number of nitrogen functional groups attached to an aromatic ring is 1. The molecule has 0 spiro atoms. The van der Waals surface area contributed by atoms with Gasteiger partial charge in [-0.3, -0.25) is 14.6 Å². The van der Waals surface area contributed by atoms with Crippen molar-refractivity contribution >= 4 is 28.1 Å². The zero-order chi connectivity index (χ0) is 28.9. The van der Waals surface area contributed by atoms with Gasteiger partial charge in [-0.2, -0.15) is 5.10 Å². The van der Waals surface area contributed by atoms with Crippen LogP contribution in [0.4, 0.5) is 17.1 Å². The number of hydrogen-bond acceptors (Lipinski definition) is 8. The molecule has 41 heavy (non-hydrogen) atoms. The second kappa shape index (κ2) is 12.3. The Morgan fingerprint density at radius 2 is 1.59 bits per heavy atom. The van der Waals surface area contributed by atoms with E-state index in [9.17, 15) is 0 Å². The van der Waals surface area contributed by atoms with Gasteiger partial charge in [-0.15, -0.1) is 0 Å². The highest BCUT2D eigenvalue weighted by Crippen LogP contribution is 2.34. The minimum Gasteiger partial charge on any atom is -0.497 e.